The molecular formula is C16H16BrClN2O. The minimum atomic E-state index is -0.0986. The summed E-state index contributed by atoms with van der Waals surface area (Å²) in [5.41, 5.74) is 3.63. The quantitative estimate of drug-likeness (QED) is 0.842. The first-order valence-corrected chi connectivity index (χ1v) is 7.69. The number of nitrogens with one attached hydrogen (secondary N) is 2. The van der Waals surface area contributed by atoms with Crippen molar-refractivity contribution in [2.24, 2.45) is 0 Å². The van der Waals surface area contributed by atoms with Gasteiger partial charge in [0, 0.05) is 34.3 Å². The van der Waals surface area contributed by atoms with E-state index in [0.29, 0.717) is 17.1 Å². The topological polar surface area (TPSA) is 41.1 Å². The summed E-state index contributed by atoms with van der Waals surface area (Å²) in [6.45, 7) is 2.59. The molecule has 0 unspecified atom stereocenters. The minimum absolute atomic E-state index is 0.0986. The highest BCUT2D eigenvalue weighted by atomic mass is 79.9. The summed E-state index contributed by atoms with van der Waals surface area (Å²) in [6, 6.07) is 11.3. The maximum Gasteiger partial charge on any atom is 0.251 e. The third-order valence-corrected chi connectivity index (χ3v) is 4.07. The van der Waals surface area contributed by atoms with Crippen LogP contribution in [-0.2, 0) is 6.54 Å². The smallest absolute Gasteiger partial charge is 0.251 e. The maximum atomic E-state index is 11.7. The number of rotatable bonds is 4. The molecule has 2 rings (SSSR count). The summed E-state index contributed by atoms with van der Waals surface area (Å²) in [7, 11) is 1.62. The lowest BCUT2D eigenvalue weighted by atomic mass is 10.1. The number of hydrogen-bond acceptors (Lipinski definition) is 2. The lowest BCUT2D eigenvalue weighted by molar-refractivity contribution is 0.0963. The number of carbonyl (C=O) groups excluding carboxylic acids is 1. The summed E-state index contributed by atoms with van der Waals surface area (Å²) < 4.78 is 0.986. The number of hydrogen-bond donors (Lipinski definition) is 2. The van der Waals surface area contributed by atoms with Crippen molar-refractivity contribution in [2.75, 3.05) is 12.4 Å². The molecule has 2 N–H and O–H groups in total. The number of aryl methyl sites for hydroxylation is 1. The molecule has 0 saturated carbocycles. The molecule has 0 heterocycles. The second-order valence-corrected chi connectivity index (χ2v) is 6.02. The Kier molecular flexibility index (Phi) is 5.26. The molecule has 0 aliphatic rings. The largest absolute Gasteiger partial charge is 0.381 e. The summed E-state index contributed by atoms with van der Waals surface area (Å²) in [5, 5.41) is 6.67. The van der Waals surface area contributed by atoms with Crippen LogP contribution in [0.5, 0.6) is 0 Å². The van der Waals surface area contributed by atoms with Crippen LogP contribution in [0.1, 0.15) is 21.5 Å². The number of carbonyl (C=O) groups is 1. The molecule has 2 aromatic carbocycles. The van der Waals surface area contributed by atoms with Crippen LogP contribution < -0.4 is 10.6 Å². The van der Waals surface area contributed by atoms with Gasteiger partial charge in [-0.3, -0.25) is 4.79 Å². The monoisotopic (exact) mass is 366 g/mol. The third kappa shape index (κ3) is 3.99. The third-order valence-electron chi connectivity index (χ3n) is 3.20. The summed E-state index contributed by atoms with van der Waals surface area (Å²) in [5.74, 6) is -0.0986. The van der Waals surface area contributed by atoms with Gasteiger partial charge in [0.05, 0.1) is 0 Å². The van der Waals surface area contributed by atoms with Crippen molar-refractivity contribution in [3.8, 4) is 0 Å². The molecule has 0 aliphatic carbocycles. The van der Waals surface area contributed by atoms with E-state index >= 15 is 0 Å². The Bertz CT molecular complexity index is 673. The highest BCUT2D eigenvalue weighted by molar-refractivity contribution is 9.10. The molecule has 21 heavy (non-hydrogen) atoms. The molecule has 0 aromatic heterocycles. The molecule has 0 spiro atoms. The van der Waals surface area contributed by atoms with Crippen LogP contribution in [0.3, 0.4) is 0 Å². The molecule has 0 atom stereocenters. The number of anilines is 1. The van der Waals surface area contributed by atoms with Crippen LogP contribution in [-0.4, -0.2) is 13.0 Å². The van der Waals surface area contributed by atoms with Gasteiger partial charge in [0.25, 0.3) is 5.91 Å². The average Bonchev–Trinajstić information content (AvgIpc) is 2.48. The fourth-order valence-electron chi connectivity index (χ4n) is 1.97. The Balaban J connectivity index is 2.19. The molecule has 0 aliphatic heterocycles. The van der Waals surface area contributed by atoms with Gasteiger partial charge in [0.15, 0.2) is 0 Å². The predicted octanol–water partition coefficient (Wildman–Crippen LogP) is 4.38. The fourth-order valence-corrected chi connectivity index (χ4v) is 2.56. The van der Waals surface area contributed by atoms with Crippen molar-refractivity contribution in [3.05, 3.63) is 62.6 Å². The molecule has 5 heteroatoms. The number of benzene rings is 2. The zero-order valence-corrected chi connectivity index (χ0v) is 14.2. The Hall–Kier alpha value is -1.52. The van der Waals surface area contributed by atoms with Gasteiger partial charge in [0.1, 0.15) is 0 Å². The van der Waals surface area contributed by atoms with Crippen molar-refractivity contribution in [3.63, 3.8) is 0 Å². The zero-order valence-electron chi connectivity index (χ0n) is 11.8. The molecule has 3 nitrogen and oxygen atoms in total. The standard InChI is InChI=1S/C16H16BrClN2O/c1-10-3-4-11(16(21)19-2)8-15(10)20-9-12-7-13(17)5-6-14(12)18/h3-8,20H,9H2,1-2H3,(H,19,21). The van der Waals surface area contributed by atoms with Crippen LogP contribution in [0.15, 0.2) is 40.9 Å². The van der Waals surface area contributed by atoms with Gasteiger partial charge in [-0.1, -0.05) is 33.6 Å². The Labute approximate surface area is 137 Å². The predicted molar refractivity (Wildman–Crippen MR) is 91.0 cm³/mol. The van der Waals surface area contributed by atoms with Crippen molar-refractivity contribution in [2.45, 2.75) is 13.5 Å². The van der Waals surface area contributed by atoms with Gasteiger partial charge >= 0.3 is 0 Å². The summed E-state index contributed by atoms with van der Waals surface area (Å²) in [4.78, 5) is 11.7. The molecule has 0 saturated heterocycles. The first kappa shape index (κ1) is 15.9. The maximum absolute atomic E-state index is 11.7. The van der Waals surface area contributed by atoms with Gasteiger partial charge in [-0.05, 0) is 48.4 Å². The van der Waals surface area contributed by atoms with E-state index in [4.69, 9.17) is 11.6 Å². The fraction of sp³-hybridized carbons (Fsp3) is 0.188. The molecular weight excluding hydrogens is 352 g/mol. The molecule has 0 radical (unpaired) electrons. The molecule has 0 bridgehead atoms. The van der Waals surface area contributed by atoms with Crippen molar-refractivity contribution < 1.29 is 4.79 Å². The molecule has 0 fully saturated rings. The van der Waals surface area contributed by atoms with Crippen LogP contribution in [0.25, 0.3) is 0 Å². The van der Waals surface area contributed by atoms with E-state index in [1.165, 1.54) is 0 Å². The van der Waals surface area contributed by atoms with E-state index in [1.807, 2.05) is 43.3 Å². The second-order valence-electron chi connectivity index (χ2n) is 4.70. The summed E-state index contributed by atoms with van der Waals surface area (Å²) >= 11 is 9.62. The van der Waals surface area contributed by atoms with Gasteiger partial charge in [-0.2, -0.15) is 0 Å². The summed E-state index contributed by atoms with van der Waals surface area (Å²) in [6.07, 6.45) is 0. The van der Waals surface area contributed by atoms with Gasteiger partial charge < -0.3 is 10.6 Å². The second kappa shape index (κ2) is 6.96. The van der Waals surface area contributed by atoms with Gasteiger partial charge in [-0.15, -0.1) is 0 Å². The van der Waals surface area contributed by atoms with E-state index < -0.39 is 0 Å². The first-order valence-electron chi connectivity index (χ1n) is 6.52. The van der Waals surface area contributed by atoms with Crippen LogP contribution in [0, 0.1) is 6.92 Å². The Morgan fingerprint density at radius 3 is 2.71 bits per heavy atom. The molecule has 2 aromatic rings. The molecule has 1 amide bonds. The van der Waals surface area contributed by atoms with Crippen molar-refractivity contribution >= 4 is 39.1 Å². The Morgan fingerprint density at radius 2 is 2.00 bits per heavy atom. The van der Waals surface area contributed by atoms with E-state index in [9.17, 15) is 4.79 Å². The van der Waals surface area contributed by atoms with Gasteiger partial charge in [-0.25, -0.2) is 0 Å². The SMILES string of the molecule is CNC(=O)c1ccc(C)c(NCc2cc(Br)ccc2Cl)c1. The molecule has 110 valence electrons. The number of amides is 1. The highest BCUT2D eigenvalue weighted by Crippen LogP contribution is 2.23. The average molecular weight is 368 g/mol. The van der Waals surface area contributed by atoms with E-state index in [0.717, 1.165) is 21.3 Å². The Morgan fingerprint density at radius 1 is 1.24 bits per heavy atom. The van der Waals surface area contributed by atoms with E-state index in [-0.39, 0.29) is 5.91 Å². The van der Waals surface area contributed by atoms with Crippen molar-refractivity contribution in [1.82, 2.24) is 5.32 Å². The van der Waals surface area contributed by atoms with Crippen LogP contribution in [0.4, 0.5) is 5.69 Å². The zero-order chi connectivity index (χ0) is 15.4. The number of halogens is 2. The normalized spacial score (nSPS) is 10.3. The lowest BCUT2D eigenvalue weighted by Crippen LogP contribution is -2.18. The lowest BCUT2D eigenvalue weighted by Gasteiger charge is -2.12. The first-order chi connectivity index (χ1) is 10.0. The van der Waals surface area contributed by atoms with Gasteiger partial charge in [0.2, 0.25) is 0 Å². The van der Waals surface area contributed by atoms with E-state index in [1.54, 1.807) is 7.05 Å². The van der Waals surface area contributed by atoms with Crippen LogP contribution >= 0.6 is 27.5 Å². The van der Waals surface area contributed by atoms with E-state index in [2.05, 4.69) is 26.6 Å². The minimum Gasteiger partial charge on any atom is -0.381 e. The highest BCUT2D eigenvalue weighted by Gasteiger charge is 2.07. The van der Waals surface area contributed by atoms with Crippen LogP contribution in [0.2, 0.25) is 5.02 Å². The van der Waals surface area contributed by atoms with Crippen molar-refractivity contribution in [1.29, 1.82) is 0 Å².